The standard InChI is InChI=1S/C10H8BrN3O/c11-10-14-13-9(15-10)7-3-4-8(12-5-7)6-1-2-6/h3-6H,1-2H2. The number of aromatic nitrogens is 3. The van der Waals surface area contributed by atoms with Gasteiger partial charge in [0, 0.05) is 33.7 Å². The van der Waals surface area contributed by atoms with Gasteiger partial charge in [-0.2, -0.15) is 0 Å². The Bertz CT molecular complexity index is 476. The van der Waals surface area contributed by atoms with E-state index < -0.39 is 0 Å². The van der Waals surface area contributed by atoms with E-state index in [9.17, 15) is 0 Å². The Balaban J connectivity index is 1.92. The molecule has 0 bridgehead atoms. The first-order valence-electron chi connectivity index (χ1n) is 4.78. The van der Waals surface area contributed by atoms with Crippen molar-refractivity contribution in [2.24, 2.45) is 0 Å². The zero-order valence-corrected chi connectivity index (χ0v) is 9.44. The van der Waals surface area contributed by atoms with E-state index in [-0.39, 0.29) is 0 Å². The molecule has 0 radical (unpaired) electrons. The second-order valence-electron chi connectivity index (χ2n) is 3.61. The van der Waals surface area contributed by atoms with Gasteiger partial charge in [0.15, 0.2) is 0 Å². The summed E-state index contributed by atoms with van der Waals surface area (Å²) >= 11 is 3.12. The van der Waals surface area contributed by atoms with Gasteiger partial charge in [-0.3, -0.25) is 4.98 Å². The summed E-state index contributed by atoms with van der Waals surface area (Å²) in [6.07, 6.45) is 4.31. The normalized spacial score (nSPS) is 15.5. The minimum Gasteiger partial charge on any atom is -0.411 e. The van der Waals surface area contributed by atoms with E-state index in [1.165, 1.54) is 12.8 Å². The van der Waals surface area contributed by atoms with Crippen molar-refractivity contribution in [2.45, 2.75) is 18.8 Å². The zero-order valence-electron chi connectivity index (χ0n) is 7.85. The number of nitrogens with zero attached hydrogens (tertiary/aromatic N) is 3. The van der Waals surface area contributed by atoms with Crippen LogP contribution in [0.1, 0.15) is 24.5 Å². The van der Waals surface area contributed by atoms with E-state index in [0.29, 0.717) is 16.6 Å². The summed E-state index contributed by atoms with van der Waals surface area (Å²) < 4.78 is 5.24. The van der Waals surface area contributed by atoms with Crippen LogP contribution in [0.2, 0.25) is 0 Å². The van der Waals surface area contributed by atoms with Gasteiger partial charge in [0.05, 0.1) is 5.56 Å². The third-order valence-corrected chi connectivity index (χ3v) is 2.75. The fourth-order valence-electron chi connectivity index (χ4n) is 1.47. The van der Waals surface area contributed by atoms with Gasteiger partial charge < -0.3 is 4.42 Å². The summed E-state index contributed by atoms with van der Waals surface area (Å²) in [4.78, 5) is 4.78. The molecule has 5 heteroatoms. The molecular weight excluding hydrogens is 258 g/mol. The zero-order chi connectivity index (χ0) is 10.3. The number of hydrogen-bond donors (Lipinski definition) is 0. The van der Waals surface area contributed by atoms with Crippen LogP contribution in [0.25, 0.3) is 11.5 Å². The lowest BCUT2D eigenvalue weighted by atomic mass is 10.2. The maximum absolute atomic E-state index is 5.24. The van der Waals surface area contributed by atoms with Crippen LogP contribution in [0.5, 0.6) is 0 Å². The molecule has 1 aliphatic carbocycles. The average Bonchev–Trinajstić information content (AvgIpc) is 3.02. The molecule has 15 heavy (non-hydrogen) atoms. The molecule has 0 spiro atoms. The Hall–Kier alpha value is -1.23. The lowest BCUT2D eigenvalue weighted by Gasteiger charge is -1.97. The highest BCUT2D eigenvalue weighted by molar-refractivity contribution is 9.10. The summed E-state index contributed by atoms with van der Waals surface area (Å²) in [5.41, 5.74) is 2.02. The van der Waals surface area contributed by atoms with Crippen LogP contribution >= 0.6 is 15.9 Å². The molecule has 3 rings (SSSR count). The summed E-state index contributed by atoms with van der Waals surface area (Å²) in [5, 5.41) is 7.61. The highest BCUT2D eigenvalue weighted by Crippen LogP contribution is 2.39. The number of rotatable bonds is 2. The lowest BCUT2D eigenvalue weighted by Crippen LogP contribution is -1.86. The van der Waals surface area contributed by atoms with Gasteiger partial charge in [0.25, 0.3) is 4.80 Å². The van der Waals surface area contributed by atoms with Crippen molar-refractivity contribution in [2.75, 3.05) is 0 Å². The molecule has 1 aliphatic rings. The van der Waals surface area contributed by atoms with Gasteiger partial charge in [-0.25, -0.2) is 0 Å². The van der Waals surface area contributed by atoms with Crippen molar-refractivity contribution in [3.05, 3.63) is 28.8 Å². The van der Waals surface area contributed by atoms with Crippen LogP contribution in [-0.2, 0) is 0 Å². The Kier molecular flexibility index (Phi) is 2.05. The molecule has 1 fully saturated rings. The van der Waals surface area contributed by atoms with E-state index in [0.717, 1.165) is 11.3 Å². The fourth-order valence-corrected chi connectivity index (χ4v) is 1.71. The average molecular weight is 266 g/mol. The third-order valence-electron chi connectivity index (χ3n) is 2.43. The van der Waals surface area contributed by atoms with Crippen molar-refractivity contribution in [1.82, 2.24) is 15.2 Å². The van der Waals surface area contributed by atoms with E-state index in [1.54, 1.807) is 6.20 Å². The topological polar surface area (TPSA) is 51.8 Å². The molecule has 0 atom stereocenters. The Morgan fingerprint density at radius 3 is 2.67 bits per heavy atom. The van der Waals surface area contributed by atoms with Gasteiger partial charge >= 0.3 is 0 Å². The highest BCUT2D eigenvalue weighted by atomic mass is 79.9. The Labute approximate surface area is 94.9 Å². The van der Waals surface area contributed by atoms with Gasteiger partial charge in [0.2, 0.25) is 5.89 Å². The van der Waals surface area contributed by atoms with Crippen molar-refractivity contribution in [3.8, 4) is 11.5 Å². The lowest BCUT2D eigenvalue weighted by molar-refractivity contribution is 0.540. The second-order valence-corrected chi connectivity index (χ2v) is 4.28. The molecule has 0 saturated heterocycles. The highest BCUT2D eigenvalue weighted by Gasteiger charge is 2.24. The molecule has 1 saturated carbocycles. The quantitative estimate of drug-likeness (QED) is 0.838. The summed E-state index contributed by atoms with van der Waals surface area (Å²) in [6.45, 7) is 0. The van der Waals surface area contributed by atoms with Gasteiger partial charge in [0.1, 0.15) is 0 Å². The molecule has 0 aromatic carbocycles. The Morgan fingerprint density at radius 1 is 1.27 bits per heavy atom. The van der Waals surface area contributed by atoms with Crippen LogP contribution < -0.4 is 0 Å². The van der Waals surface area contributed by atoms with Crippen molar-refractivity contribution in [3.63, 3.8) is 0 Å². The largest absolute Gasteiger partial charge is 0.411 e. The summed E-state index contributed by atoms with van der Waals surface area (Å²) in [7, 11) is 0. The molecular formula is C10H8BrN3O. The first-order chi connectivity index (χ1) is 7.33. The third kappa shape index (κ3) is 1.79. The first kappa shape index (κ1) is 9.03. The molecule has 2 aromatic heterocycles. The monoisotopic (exact) mass is 265 g/mol. The van der Waals surface area contributed by atoms with Crippen molar-refractivity contribution in [1.29, 1.82) is 0 Å². The summed E-state index contributed by atoms with van der Waals surface area (Å²) in [5.74, 6) is 1.17. The maximum atomic E-state index is 5.24. The fraction of sp³-hybridized carbons (Fsp3) is 0.300. The number of halogens is 1. The molecule has 2 aromatic rings. The predicted octanol–water partition coefficient (Wildman–Crippen LogP) is 2.77. The van der Waals surface area contributed by atoms with E-state index in [1.807, 2.05) is 12.1 Å². The van der Waals surface area contributed by atoms with Crippen LogP contribution in [0.3, 0.4) is 0 Å². The molecule has 76 valence electrons. The number of pyridine rings is 1. The van der Waals surface area contributed by atoms with Crippen LogP contribution in [-0.4, -0.2) is 15.2 Å². The van der Waals surface area contributed by atoms with Crippen molar-refractivity contribution >= 4 is 15.9 Å². The van der Waals surface area contributed by atoms with Crippen molar-refractivity contribution < 1.29 is 4.42 Å². The van der Waals surface area contributed by atoms with Crippen LogP contribution in [0.15, 0.2) is 27.5 Å². The first-order valence-corrected chi connectivity index (χ1v) is 5.57. The van der Waals surface area contributed by atoms with Crippen LogP contribution in [0, 0.1) is 0 Å². The number of hydrogen-bond acceptors (Lipinski definition) is 4. The SMILES string of the molecule is Brc1nnc(-c2ccc(C3CC3)nc2)o1. The Morgan fingerprint density at radius 2 is 2.13 bits per heavy atom. The van der Waals surface area contributed by atoms with Gasteiger partial charge in [-0.05, 0) is 25.0 Å². The predicted molar refractivity (Wildman–Crippen MR) is 57.2 cm³/mol. The van der Waals surface area contributed by atoms with E-state index in [4.69, 9.17) is 4.42 Å². The molecule has 0 amide bonds. The van der Waals surface area contributed by atoms with E-state index >= 15 is 0 Å². The maximum Gasteiger partial charge on any atom is 0.285 e. The van der Waals surface area contributed by atoms with Gasteiger partial charge in [-0.15, -0.1) is 10.2 Å². The smallest absolute Gasteiger partial charge is 0.285 e. The minimum absolute atomic E-state index is 0.392. The van der Waals surface area contributed by atoms with Gasteiger partial charge in [-0.1, -0.05) is 0 Å². The molecule has 2 heterocycles. The molecule has 0 N–H and O–H groups in total. The minimum atomic E-state index is 0.392. The molecule has 0 aliphatic heterocycles. The van der Waals surface area contributed by atoms with Crippen LogP contribution in [0.4, 0.5) is 0 Å². The second kappa shape index (κ2) is 3.41. The van der Waals surface area contributed by atoms with E-state index in [2.05, 4.69) is 31.1 Å². The molecule has 4 nitrogen and oxygen atoms in total. The molecule has 0 unspecified atom stereocenters. The summed E-state index contributed by atoms with van der Waals surface area (Å²) in [6, 6.07) is 4.01.